The number of hydrogen-bond acceptors (Lipinski definition) is 4. The van der Waals surface area contributed by atoms with Crippen molar-refractivity contribution in [3.63, 3.8) is 0 Å². The predicted octanol–water partition coefficient (Wildman–Crippen LogP) is 1.51. The maximum absolute atomic E-state index is 12.4. The molecule has 1 aromatic carbocycles. The molecule has 0 spiro atoms. The van der Waals surface area contributed by atoms with Crippen molar-refractivity contribution >= 4 is 11.6 Å². The molecule has 102 valence electrons. The van der Waals surface area contributed by atoms with Gasteiger partial charge in [0, 0.05) is 20.1 Å². The number of hydrogen-bond donors (Lipinski definition) is 0. The summed E-state index contributed by atoms with van der Waals surface area (Å²) >= 11 is 0. The normalized spacial score (nSPS) is 19.1. The first-order chi connectivity index (χ1) is 9.69. The SMILES string of the molecule is CN1CCCN(c2ccccc2C#N)C(CC#N)C1=O. The molecule has 0 radical (unpaired) electrons. The summed E-state index contributed by atoms with van der Waals surface area (Å²) in [6.07, 6.45) is 0.951. The molecule has 0 aliphatic carbocycles. The summed E-state index contributed by atoms with van der Waals surface area (Å²) in [6, 6.07) is 10.9. The van der Waals surface area contributed by atoms with E-state index in [9.17, 15) is 10.1 Å². The van der Waals surface area contributed by atoms with Crippen LogP contribution in [0.15, 0.2) is 24.3 Å². The Hall–Kier alpha value is -2.53. The second-order valence-corrected chi connectivity index (χ2v) is 4.81. The molecule has 1 saturated heterocycles. The van der Waals surface area contributed by atoms with Gasteiger partial charge in [-0.3, -0.25) is 4.79 Å². The number of para-hydroxylation sites is 1. The van der Waals surface area contributed by atoms with Crippen LogP contribution in [-0.2, 0) is 4.79 Å². The highest BCUT2D eigenvalue weighted by molar-refractivity contribution is 5.86. The molecule has 5 nitrogen and oxygen atoms in total. The van der Waals surface area contributed by atoms with Crippen LogP contribution >= 0.6 is 0 Å². The minimum absolute atomic E-state index is 0.0585. The summed E-state index contributed by atoms with van der Waals surface area (Å²) in [5, 5.41) is 18.2. The summed E-state index contributed by atoms with van der Waals surface area (Å²) in [6.45, 7) is 1.34. The quantitative estimate of drug-likeness (QED) is 0.815. The Morgan fingerprint density at radius 3 is 2.75 bits per heavy atom. The van der Waals surface area contributed by atoms with Gasteiger partial charge in [0.05, 0.1) is 23.7 Å². The molecule has 1 fully saturated rings. The highest BCUT2D eigenvalue weighted by Gasteiger charge is 2.32. The summed E-state index contributed by atoms with van der Waals surface area (Å²) in [5.74, 6) is -0.0585. The van der Waals surface area contributed by atoms with Gasteiger partial charge in [0.1, 0.15) is 12.1 Å². The van der Waals surface area contributed by atoms with Crippen LogP contribution in [0.5, 0.6) is 0 Å². The largest absolute Gasteiger partial charge is 0.358 e. The number of benzene rings is 1. The number of nitrogens with zero attached hydrogens (tertiary/aromatic N) is 4. The molecular formula is C15H16N4O. The standard InChI is InChI=1S/C15H16N4O/c1-18-9-4-10-19(14(7-8-16)15(18)20)13-6-3-2-5-12(13)11-17/h2-3,5-6,14H,4,7,9-10H2,1H3. The van der Waals surface area contributed by atoms with Crippen molar-refractivity contribution in [3.8, 4) is 12.1 Å². The van der Waals surface area contributed by atoms with E-state index in [4.69, 9.17) is 5.26 Å². The number of amides is 1. The highest BCUT2D eigenvalue weighted by Crippen LogP contribution is 2.25. The third-order valence-corrected chi connectivity index (χ3v) is 3.55. The summed E-state index contributed by atoms with van der Waals surface area (Å²) < 4.78 is 0. The monoisotopic (exact) mass is 268 g/mol. The molecule has 0 N–H and O–H groups in total. The lowest BCUT2D eigenvalue weighted by Crippen LogP contribution is -2.45. The van der Waals surface area contributed by atoms with Crippen LogP contribution in [-0.4, -0.2) is 37.0 Å². The van der Waals surface area contributed by atoms with Gasteiger partial charge in [-0.1, -0.05) is 12.1 Å². The predicted molar refractivity (Wildman–Crippen MR) is 74.8 cm³/mol. The Morgan fingerprint density at radius 2 is 2.05 bits per heavy atom. The van der Waals surface area contributed by atoms with Crippen LogP contribution in [0.1, 0.15) is 18.4 Å². The maximum Gasteiger partial charge on any atom is 0.246 e. The van der Waals surface area contributed by atoms with Gasteiger partial charge >= 0.3 is 0 Å². The van der Waals surface area contributed by atoms with Crippen molar-refractivity contribution in [3.05, 3.63) is 29.8 Å². The molecule has 0 bridgehead atoms. The number of likely N-dealkylation sites (N-methyl/N-ethyl adjacent to an activating group) is 1. The minimum Gasteiger partial charge on any atom is -0.358 e. The first-order valence-corrected chi connectivity index (χ1v) is 6.56. The van der Waals surface area contributed by atoms with Crippen LogP contribution in [0.25, 0.3) is 0 Å². The van der Waals surface area contributed by atoms with E-state index >= 15 is 0 Å². The van der Waals surface area contributed by atoms with Crippen molar-refractivity contribution in [1.82, 2.24) is 4.90 Å². The second kappa shape index (κ2) is 6.08. The molecule has 0 saturated carbocycles. The van der Waals surface area contributed by atoms with Crippen LogP contribution < -0.4 is 4.90 Å². The van der Waals surface area contributed by atoms with E-state index in [1.54, 1.807) is 24.1 Å². The molecular weight excluding hydrogens is 252 g/mol. The van der Waals surface area contributed by atoms with Gasteiger partial charge < -0.3 is 9.80 Å². The fraction of sp³-hybridized carbons (Fsp3) is 0.400. The molecule has 1 atom stereocenters. The molecule has 20 heavy (non-hydrogen) atoms. The second-order valence-electron chi connectivity index (χ2n) is 4.81. The molecule has 1 aromatic rings. The van der Waals surface area contributed by atoms with Gasteiger partial charge in [0.2, 0.25) is 5.91 Å². The van der Waals surface area contributed by atoms with E-state index in [-0.39, 0.29) is 12.3 Å². The zero-order valence-electron chi connectivity index (χ0n) is 11.4. The van der Waals surface area contributed by atoms with Crippen LogP contribution in [0.4, 0.5) is 5.69 Å². The van der Waals surface area contributed by atoms with Crippen LogP contribution in [0.3, 0.4) is 0 Å². The number of nitriles is 2. The van der Waals surface area contributed by atoms with Crippen molar-refractivity contribution in [2.24, 2.45) is 0 Å². The number of rotatable bonds is 2. The van der Waals surface area contributed by atoms with Crippen molar-refractivity contribution in [2.75, 3.05) is 25.0 Å². The van der Waals surface area contributed by atoms with Gasteiger partial charge in [-0.05, 0) is 18.6 Å². The lowest BCUT2D eigenvalue weighted by molar-refractivity contribution is -0.130. The third kappa shape index (κ3) is 2.57. The lowest BCUT2D eigenvalue weighted by atomic mass is 10.1. The van der Waals surface area contributed by atoms with Crippen LogP contribution in [0.2, 0.25) is 0 Å². The van der Waals surface area contributed by atoms with E-state index in [0.717, 1.165) is 12.1 Å². The first kappa shape index (κ1) is 13.9. The van der Waals surface area contributed by atoms with Gasteiger partial charge in [-0.25, -0.2) is 0 Å². The molecule has 1 heterocycles. The Morgan fingerprint density at radius 1 is 1.30 bits per heavy atom. The average molecular weight is 268 g/mol. The molecule has 1 unspecified atom stereocenters. The van der Waals surface area contributed by atoms with Gasteiger partial charge in [0.15, 0.2) is 0 Å². The van der Waals surface area contributed by atoms with Crippen molar-refractivity contribution < 1.29 is 4.79 Å². The number of carbonyl (C=O) groups excluding carboxylic acids is 1. The first-order valence-electron chi connectivity index (χ1n) is 6.56. The lowest BCUT2D eigenvalue weighted by Gasteiger charge is -2.30. The molecule has 1 aliphatic heterocycles. The van der Waals surface area contributed by atoms with Gasteiger partial charge in [0.25, 0.3) is 0 Å². The average Bonchev–Trinajstić information content (AvgIpc) is 2.61. The summed E-state index contributed by atoms with van der Waals surface area (Å²) in [4.78, 5) is 15.9. The van der Waals surface area contributed by atoms with E-state index in [2.05, 4.69) is 12.1 Å². The minimum atomic E-state index is -0.512. The van der Waals surface area contributed by atoms with Crippen molar-refractivity contribution in [1.29, 1.82) is 10.5 Å². The summed E-state index contributed by atoms with van der Waals surface area (Å²) in [7, 11) is 1.76. The number of anilines is 1. The van der Waals surface area contributed by atoms with Gasteiger partial charge in [-0.2, -0.15) is 10.5 Å². The maximum atomic E-state index is 12.4. The van der Waals surface area contributed by atoms with E-state index in [1.807, 2.05) is 17.0 Å². The molecule has 1 aliphatic rings. The zero-order chi connectivity index (χ0) is 14.5. The molecule has 0 aromatic heterocycles. The molecule has 2 rings (SSSR count). The number of carbonyl (C=O) groups is 1. The molecule has 5 heteroatoms. The van der Waals surface area contributed by atoms with Crippen LogP contribution in [0, 0.1) is 22.7 Å². The highest BCUT2D eigenvalue weighted by atomic mass is 16.2. The Labute approximate surface area is 118 Å². The Kier molecular flexibility index (Phi) is 4.22. The third-order valence-electron chi connectivity index (χ3n) is 3.55. The summed E-state index contributed by atoms with van der Waals surface area (Å²) in [5.41, 5.74) is 1.27. The zero-order valence-corrected chi connectivity index (χ0v) is 11.4. The van der Waals surface area contributed by atoms with E-state index < -0.39 is 6.04 Å². The van der Waals surface area contributed by atoms with Crippen molar-refractivity contribution in [2.45, 2.75) is 18.9 Å². The fourth-order valence-corrected chi connectivity index (χ4v) is 2.52. The Bertz CT molecular complexity index is 584. The fourth-order valence-electron chi connectivity index (χ4n) is 2.52. The smallest absolute Gasteiger partial charge is 0.246 e. The van der Waals surface area contributed by atoms with E-state index in [1.165, 1.54) is 0 Å². The van der Waals surface area contributed by atoms with Gasteiger partial charge in [-0.15, -0.1) is 0 Å². The van der Waals surface area contributed by atoms with E-state index in [0.29, 0.717) is 18.7 Å². The topological polar surface area (TPSA) is 71.1 Å². The Balaban J connectivity index is 2.44. The molecule has 1 amide bonds.